The van der Waals surface area contributed by atoms with Crippen LogP contribution in [0.25, 0.3) is 11.7 Å². The third kappa shape index (κ3) is 2.77. The van der Waals surface area contributed by atoms with Gasteiger partial charge in [-0.3, -0.25) is 4.40 Å². The fourth-order valence-electron chi connectivity index (χ4n) is 2.68. The van der Waals surface area contributed by atoms with Crippen LogP contribution >= 0.6 is 0 Å². The Bertz CT molecular complexity index is 705. The van der Waals surface area contributed by atoms with Crippen molar-refractivity contribution in [3.63, 3.8) is 0 Å². The minimum absolute atomic E-state index is 0.719. The molecule has 1 aliphatic rings. The van der Waals surface area contributed by atoms with Gasteiger partial charge in [-0.15, -0.1) is 0 Å². The first-order valence-electron chi connectivity index (χ1n) is 7.15. The molecule has 5 nitrogen and oxygen atoms in total. The molecule has 0 aliphatic heterocycles. The van der Waals surface area contributed by atoms with Crippen molar-refractivity contribution >= 4 is 23.5 Å². The lowest BCUT2D eigenvalue weighted by molar-refractivity contribution is -0.131. The van der Waals surface area contributed by atoms with Crippen LogP contribution in [0, 0.1) is 11.8 Å². The summed E-state index contributed by atoms with van der Waals surface area (Å²) in [7, 11) is 2.02. The molecule has 2 aromatic rings. The average Bonchev–Trinajstić information content (AvgIpc) is 3.01. The van der Waals surface area contributed by atoms with Gasteiger partial charge in [0.15, 0.2) is 5.82 Å². The van der Waals surface area contributed by atoms with Gasteiger partial charge in [-0.05, 0) is 36.5 Å². The molecule has 1 aliphatic carbocycles. The standard InChI is InChI=1S/C16H19N3O2/c1-11-9-12(11)10-18(2)16-13(6-7-15(20)21)19-8-4-3-5-14(19)17-16/h3-8,11-12H,9-10H2,1-2H3,(H,20,21). The van der Waals surface area contributed by atoms with Crippen molar-refractivity contribution < 1.29 is 9.90 Å². The Hall–Kier alpha value is -2.30. The van der Waals surface area contributed by atoms with Gasteiger partial charge in [0.1, 0.15) is 5.65 Å². The molecule has 21 heavy (non-hydrogen) atoms. The van der Waals surface area contributed by atoms with Gasteiger partial charge in [0.05, 0.1) is 5.69 Å². The number of aliphatic carboxylic acids is 1. The van der Waals surface area contributed by atoms with Crippen LogP contribution in [0.2, 0.25) is 0 Å². The number of carboxylic acid groups (broad SMARTS) is 1. The van der Waals surface area contributed by atoms with Crippen LogP contribution in [0.3, 0.4) is 0 Å². The lowest BCUT2D eigenvalue weighted by atomic mass is 10.3. The number of hydrogen-bond acceptors (Lipinski definition) is 3. The molecule has 2 unspecified atom stereocenters. The molecule has 0 spiro atoms. The van der Waals surface area contributed by atoms with Crippen molar-refractivity contribution in [2.45, 2.75) is 13.3 Å². The first-order valence-corrected chi connectivity index (χ1v) is 7.15. The second kappa shape index (κ2) is 5.24. The zero-order valence-corrected chi connectivity index (χ0v) is 12.2. The summed E-state index contributed by atoms with van der Waals surface area (Å²) in [4.78, 5) is 17.6. The molecule has 110 valence electrons. The van der Waals surface area contributed by atoms with E-state index in [1.54, 1.807) is 6.08 Å². The first kappa shape index (κ1) is 13.7. The highest BCUT2D eigenvalue weighted by Gasteiger charge is 2.34. The molecule has 2 aromatic heterocycles. The Morgan fingerprint density at radius 2 is 2.33 bits per heavy atom. The monoisotopic (exact) mass is 285 g/mol. The van der Waals surface area contributed by atoms with E-state index in [4.69, 9.17) is 5.11 Å². The average molecular weight is 285 g/mol. The van der Waals surface area contributed by atoms with Crippen LogP contribution in [-0.4, -0.2) is 34.1 Å². The van der Waals surface area contributed by atoms with Crippen molar-refractivity contribution in [3.05, 3.63) is 36.2 Å². The third-order valence-corrected chi connectivity index (χ3v) is 4.08. The summed E-state index contributed by atoms with van der Waals surface area (Å²) in [6.45, 7) is 3.21. The fourth-order valence-corrected chi connectivity index (χ4v) is 2.68. The molecule has 0 aromatic carbocycles. The predicted octanol–water partition coefficient (Wildman–Crippen LogP) is 2.52. The lowest BCUT2D eigenvalue weighted by Crippen LogP contribution is -2.21. The largest absolute Gasteiger partial charge is 0.478 e. The Kier molecular flexibility index (Phi) is 3.41. The van der Waals surface area contributed by atoms with Crippen LogP contribution in [-0.2, 0) is 4.79 Å². The Morgan fingerprint density at radius 3 is 3.00 bits per heavy atom. The number of fused-ring (bicyclic) bond motifs is 1. The highest BCUT2D eigenvalue weighted by Crippen LogP contribution is 2.39. The summed E-state index contributed by atoms with van der Waals surface area (Å²) < 4.78 is 1.92. The summed E-state index contributed by atoms with van der Waals surface area (Å²) in [5.74, 6) is 1.38. The summed E-state index contributed by atoms with van der Waals surface area (Å²) in [6, 6.07) is 5.77. The highest BCUT2D eigenvalue weighted by molar-refractivity contribution is 5.86. The van der Waals surface area contributed by atoms with Gasteiger partial charge in [-0.2, -0.15) is 0 Å². The van der Waals surface area contributed by atoms with Crippen LogP contribution in [0.5, 0.6) is 0 Å². The van der Waals surface area contributed by atoms with Crippen molar-refractivity contribution in [2.75, 3.05) is 18.5 Å². The van der Waals surface area contributed by atoms with Gasteiger partial charge >= 0.3 is 5.97 Å². The Morgan fingerprint density at radius 1 is 1.57 bits per heavy atom. The molecule has 1 fully saturated rings. The zero-order chi connectivity index (χ0) is 15.0. The van der Waals surface area contributed by atoms with E-state index in [1.807, 2.05) is 35.8 Å². The maximum atomic E-state index is 10.8. The lowest BCUT2D eigenvalue weighted by Gasteiger charge is -2.17. The minimum Gasteiger partial charge on any atom is -0.478 e. The molecule has 0 radical (unpaired) electrons. The molecule has 2 heterocycles. The molecule has 5 heteroatoms. The quantitative estimate of drug-likeness (QED) is 0.858. The maximum absolute atomic E-state index is 10.8. The smallest absolute Gasteiger partial charge is 0.328 e. The normalized spacial score (nSPS) is 21.0. The predicted molar refractivity (Wildman–Crippen MR) is 82.4 cm³/mol. The highest BCUT2D eigenvalue weighted by atomic mass is 16.4. The molecule has 0 saturated heterocycles. The number of carboxylic acids is 1. The molecule has 2 atom stereocenters. The summed E-state index contributed by atoms with van der Waals surface area (Å²) in [5, 5.41) is 8.87. The van der Waals surface area contributed by atoms with Gasteiger partial charge in [0, 0.05) is 25.9 Å². The maximum Gasteiger partial charge on any atom is 0.328 e. The van der Waals surface area contributed by atoms with Crippen molar-refractivity contribution in [3.8, 4) is 0 Å². The molecule has 1 saturated carbocycles. The van der Waals surface area contributed by atoms with Crippen LogP contribution in [0.15, 0.2) is 30.5 Å². The van der Waals surface area contributed by atoms with E-state index in [0.29, 0.717) is 0 Å². The Labute approximate surface area is 123 Å². The number of aromatic nitrogens is 2. The van der Waals surface area contributed by atoms with Gasteiger partial charge in [0.2, 0.25) is 0 Å². The van der Waals surface area contributed by atoms with Crippen LogP contribution < -0.4 is 4.90 Å². The molecular weight excluding hydrogens is 266 g/mol. The molecule has 0 bridgehead atoms. The summed E-state index contributed by atoms with van der Waals surface area (Å²) in [6.07, 6.45) is 5.94. The number of imidazole rings is 1. The molecule has 1 N–H and O–H groups in total. The SMILES string of the molecule is CC1CC1CN(C)c1nc2ccccn2c1C=CC(=O)O. The molecular formula is C16H19N3O2. The van der Waals surface area contributed by atoms with E-state index in [-0.39, 0.29) is 0 Å². The van der Waals surface area contributed by atoms with Gasteiger partial charge in [-0.25, -0.2) is 9.78 Å². The van der Waals surface area contributed by atoms with E-state index in [0.717, 1.165) is 41.6 Å². The van der Waals surface area contributed by atoms with Crippen LogP contribution in [0.1, 0.15) is 19.0 Å². The number of rotatable bonds is 5. The fraction of sp³-hybridized carbons (Fsp3) is 0.375. The summed E-state index contributed by atoms with van der Waals surface area (Å²) in [5.41, 5.74) is 1.64. The minimum atomic E-state index is -0.953. The van der Waals surface area contributed by atoms with Crippen molar-refractivity contribution in [1.82, 2.24) is 9.38 Å². The van der Waals surface area contributed by atoms with E-state index in [2.05, 4.69) is 16.8 Å². The Balaban J connectivity index is 1.99. The number of nitrogens with zero attached hydrogens (tertiary/aromatic N) is 3. The second-order valence-electron chi connectivity index (χ2n) is 5.77. The van der Waals surface area contributed by atoms with E-state index in [1.165, 1.54) is 6.42 Å². The topological polar surface area (TPSA) is 57.8 Å². The van der Waals surface area contributed by atoms with E-state index >= 15 is 0 Å². The molecule has 3 rings (SSSR count). The van der Waals surface area contributed by atoms with Gasteiger partial charge < -0.3 is 10.0 Å². The number of carbonyl (C=O) groups is 1. The molecule has 0 amide bonds. The third-order valence-electron chi connectivity index (χ3n) is 4.08. The second-order valence-corrected chi connectivity index (χ2v) is 5.77. The number of hydrogen-bond donors (Lipinski definition) is 1. The number of anilines is 1. The first-order chi connectivity index (χ1) is 10.1. The zero-order valence-electron chi connectivity index (χ0n) is 12.2. The van der Waals surface area contributed by atoms with E-state index in [9.17, 15) is 4.79 Å². The number of pyridine rings is 1. The summed E-state index contributed by atoms with van der Waals surface area (Å²) >= 11 is 0. The van der Waals surface area contributed by atoms with Crippen molar-refractivity contribution in [1.29, 1.82) is 0 Å². The van der Waals surface area contributed by atoms with Crippen molar-refractivity contribution in [2.24, 2.45) is 11.8 Å². The van der Waals surface area contributed by atoms with E-state index < -0.39 is 5.97 Å². The van der Waals surface area contributed by atoms with Gasteiger partial charge in [0.25, 0.3) is 0 Å². The van der Waals surface area contributed by atoms with Gasteiger partial charge in [-0.1, -0.05) is 13.0 Å². The van der Waals surface area contributed by atoms with Crippen LogP contribution in [0.4, 0.5) is 5.82 Å².